The number of rotatable bonds is 7. The summed E-state index contributed by atoms with van der Waals surface area (Å²) >= 11 is 0. The molecule has 0 saturated carbocycles. The molecule has 152 valence electrons. The van der Waals surface area contributed by atoms with Gasteiger partial charge in [0.25, 0.3) is 0 Å². The molecule has 0 radical (unpaired) electrons. The molecule has 3 N–H and O–H groups in total. The number of fused-ring (bicyclic) bond motifs is 1. The van der Waals surface area contributed by atoms with Crippen LogP contribution in [0.1, 0.15) is 49.8 Å². The van der Waals surface area contributed by atoms with E-state index >= 15 is 0 Å². The number of ether oxygens (including phenoxy) is 1. The Hall–Kier alpha value is -2.40. The number of carbonyl (C=O) groups excluding carboxylic acids is 1. The van der Waals surface area contributed by atoms with Gasteiger partial charge in [0.15, 0.2) is 0 Å². The van der Waals surface area contributed by atoms with Gasteiger partial charge in [0.2, 0.25) is 0 Å². The molecule has 0 unspecified atom stereocenters. The lowest BCUT2D eigenvalue weighted by atomic mass is 9.81. The fraction of sp³-hybridized carbons (Fsp3) is 0.435. The number of halogens is 1. The van der Waals surface area contributed by atoms with Crippen molar-refractivity contribution in [3.05, 3.63) is 57.1 Å². The molecule has 0 heterocycles. The monoisotopic (exact) mass is 386 g/mol. The molecule has 0 aliphatic heterocycles. The highest BCUT2D eigenvalue weighted by Gasteiger charge is 2.22. The van der Waals surface area contributed by atoms with Gasteiger partial charge in [-0.1, -0.05) is 5.57 Å². The number of methoxy groups -OCH3 is 1. The first-order valence-corrected chi connectivity index (χ1v) is 9.62. The summed E-state index contributed by atoms with van der Waals surface area (Å²) in [4.78, 5) is 11.3. The van der Waals surface area contributed by atoms with Crippen molar-refractivity contribution in [3.63, 3.8) is 0 Å². The van der Waals surface area contributed by atoms with Gasteiger partial charge in [0.05, 0.1) is 6.61 Å². The first-order valence-electron chi connectivity index (χ1n) is 9.62. The molecule has 1 aliphatic carbocycles. The highest BCUT2D eigenvalue weighted by Crippen LogP contribution is 2.40. The average Bonchev–Trinajstić information content (AvgIpc) is 2.68. The van der Waals surface area contributed by atoms with Crippen molar-refractivity contribution in [2.75, 3.05) is 26.5 Å². The van der Waals surface area contributed by atoms with Gasteiger partial charge in [-0.3, -0.25) is 4.79 Å². The van der Waals surface area contributed by atoms with E-state index in [-0.39, 0.29) is 12.4 Å². The second kappa shape index (κ2) is 9.69. The van der Waals surface area contributed by atoms with E-state index in [1.807, 2.05) is 27.0 Å². The number of nitrogens with one attached hydrogen (secondary N) is 1. The molecule has 4 nitrogen and oxygen atoms in total. The third kappa shape index (κ3) is 4.71. The van der Waals surface area contributed by atoms with Gasteiger partial charge >= 0.3 is 0 Å². The number of anilines is 1. The number of hydrogen-bond acceptors (Lipinski definition) is 4. The highest BCUT2D eigenvalue weighted by atomic mass is 19.1. The predicted octanol–water partition coefficient (Wildman–Crippen LogP) is 4.48. The Morgan fingerprint density at radius 3 is 2.68 bits per heavy atom. The van der Waals surface area contributed by atoms with E-state index in [1.54, 1.807) is 7.11 Å². The standard InChI is InChI=1S/C23H31FN2O2/c1-14(17(12-27)13-28-5)9-18(26-4)10-15(2)19-7-6-8-20-16(3)21(24)11-22(25)23(19)20/h9,11-12,26H,6-8,10,13,25H2,1-5H3/b17-14+,18-9-,19-15-. The first-order chi connectivity index (χ1) is 13.3. The van der Waals surface area contributed by atoms with Crippen LogP contribution >= 0.6 is 0 Å². The Kier molecular flexibility index (Phi) is 7.58. The zero-order valence-electron chi connectivity index (χ0n) is 17.5. The summed E-state index contributed by atoms with van der Waals surface area (Å²) in [6, 6.07) is 1.44. The molecule has 0 fully saturated rings. The van der Waals surface area contributed by atoms with Crippen molar-refractivity contribution in [1.82, 2.24) is 5.32 Å². The minimum atomic E-state index is -0.230. The quantitative estimate of drug-likeness (QED) is 0.314. The lowest BCUT2D eigenvalue weighted by molar-refractivity contribution is -0.105. The molecule has 1 aliphatic rings. The molecular weight excluding hydrogens is 355 g/mol. The largest absolute Gasteiger partial charge is 0.398 e. The van der Waals surface area contributed by atoms with Gasteiger partial charge in [0.1, 0.15) is 12.1 Å². The second-order valence-corrected chi connectivity index (χ2v) is 7.39. The molecule has 1 aromatic carbocycles. The molecule has 1 aromatic rings. The molecule has 0 aromatic heterocycles. The number of nitrogens with two attached hydrogens (primary N) is 1. The van der Waals surface area contributed by atoms with Crippen molar-refractivity contribution < 1.29 is 13.9 Å². The van der Waals surface area contributed by atoms with Crippen LogP contribution in [0.15, 0.2) is 34.6 Å². The summed E-state index contributed by atoms with van der Waals surface area (Å²) in [5.74, 6) is -0.230. The minimum Gasteiger partial charge on any atom is -0.398 e. The van der Waals surface area contributed by atoms with Crippen LogP contribution in [0.2, 0.25) is 0 Å². The zero-order chi connectivity index (χ0) is 20.8. The van der Waals surface area contributed by atoms with Gasteiger partial charge in [-0.15, -0.1) is 0 Å². The average molecular weight is 387 g/mol. The summed E-state index contributed by atoms with van der Waals surface area (Å²) in [5.41, 5.74) is 14.4. The number of aldehydes is 1. The second-order valence-electron chi connectivity index (χ2n) is 7.39. The molecule has 0 amide bonds. The van der Waals surface area contributed by atoms with E-state index < -0.39 is 0 Å². The van der Waals surface area contributed by atoms with Crippen LogP contribution in [0.4, 0.5) is 10.1 Å². The van der Waals surface area contributed by atoms with E-state index in [4.69, 9.17) is 10.5 Å². The first kappa shape index (κ1) is 21.9. The van der Waals surface area contributed by atoms with Gasteiger partial charge in [0, 0.05) is 43.1 Å². The van der Waals surface area contributed by atoms with Crippen LogP contribution in [0, 0.1) is 12.7 Å². The van der Waals surface area contributed by atoms with Crippen LogP contribution in [0.25, 0.3) is 5.57 Å². The smallest absolute Gasteiger partial charge is 0.148 e. The van der Waals surface area contributed by atoms with Gasteiger partial charge in [-0.05, 0) is 74.4 Å². The summed E-state index contributed by atoms with van der Waals surface area (Å²) in [5, 5.41) is 3.23. The Labute approximate surface area is 167 Å². The fourth-order valence-corrected chi connectivity index (χ4v) is 3.84. The van der Waals surface area contributed by atoms with Crippen molar-refractivity contribution in [3.8, 4) is 0 Å². The van der Waals surface area contributed by atoms with Crippen molar-refractivity contribution in [2.24, 2.45) is 0 Å². The number of allylic oxidation sites excluding steroid dienone is 4. The van der Waals surface area contributed by atoms with E-state index in [0.29, 0.717) is 23.2 Å². The third-order valence-corrected chi connectivity index (χ3v) is 5.47. The van der Waals surface area contributed by atoms with Gasteiger partial charge in [-0.2, -0.15) is 0 Å². The van der Waals surface area contributed by atoms with Crippen LogP contribution in [0.5, 0.6) is 0 Å². The summed E-state index contributed by atoms with van der Waals surface area (Å²) in [7, 11) is 3.44. The third-order valence-electron chi connectivity index (χ3n) is 5.47. The van der Waals surface area contributed by atoms with Crippen LogP contribution < -0.4 is 11.1 Å². The Bertz CT molecular complexity index is 851. The Morgan fingerprint density at radius 2 is 2.07 bits per heavy atom. The Balaban J connectivity index is 2.45. The molecule has 28 heavy (non-hydrogen) atoms. The molecule has 0 spiro atoms. The molecule has 0 saturated heterocycles. The molecule has 5 heteroatoms. The molecular formula is C23H31FN2O2. The highest BCUT2D eigenvalue weighted by molar-refractivity contribution is 5.81. The molecule has 2 rings (SSSR count). The maximum Gasteiger partial charge on any atom is 0.148 e. The Morgan fingerprint density at radius 1 is 1.36 bits per heavy atom. The van der Waals surface area contributed by atoms with Crippen molar-refractivity contribution >= 4 is 17.5 Å². The van der Waals surface area contributed by atoms with Crippen molar-refractivity contribution in [1.29, 1.82) is 0 Å². The fourth-order valence-electron chi connectivity index (χ4n) is 3.84. The van der Waals surface area contributed by atoms with E-state index in [1.165, 1.54) is 17.2 Å². The van der Waals surface area contributed by atoms with E-state index in [9.17, 15) is 9.18 Å². The number of nitrogen functional groups attached to an aromatic ring is 1. The zero-order valence-corrected chi connectivity index (χ0v) is 17.5. The topological polar surface area (TPSA) is 64.3 Å². The van der Waals surface area contributed by atoms with Gasteiger partial charge in [-0.25, -0.2) is 4.39 Å². The SMILES string of the molecule is CN/C(=C\C(C)=C(/C=O)COC)C/C(C)=C1/CCCc2c(C)c(F)cc(N)c21. The lowest BCUT2D eigenvalue weighted by Gasteiger charge is -2.25. The summed E-state index contributed by atoms with van der Waals surface area (Å²) in [6.07, 6.45) is 6.31. The van der Waals surface area contributed by atoms with Gasteiger partial charge < -0.3 is 15.8 Å². The van der Waals surface area contributed by atoms with Crippen LogP contribution in [-0.4, -0.2) is 27.1 Å². The summed E-state index contributed by atoms with van der Waals surface area (Å²) in [6.45, 7) is 6.12. The molecule has 0 bridgehead atoms. The summed E-state index contributed by atoms with van der Waals surface area (Å²) < 4.78 is 19.2. The number of carbonyl (C=O) groups is 1. The predicted molar refractivity (Wildman–Crippen MR) is 113 cm³/mol. The maximum absolute atomic E-state index is 14.1. The molecule has 0 atom stereocenters. The number of benzene rings is 1. The lowest BCUT2D eigenvalue weighted by Crippen LogP contribution is -2.12. The number of hydrogen-bond donors (Lipinski definition) is 2. The maximum atomic E-state index is 14.1. The van der Waals surface area contributed by atoms with Crippen LogP contribution in [0.3, 0.4) is 0 Å². The van der Waals surface area contributed by atoms with E-state index in [2.05, 4.69) is 12.2 Å². The van der Waals surface area contributed by atoms with Crippen molar-refractivity contribution in [2.45, 2.75) is 46.5 Å². The normalized spacial score (nSPS) is 17.0. The van der Waals surface area contributed by atoms with E-state index in [0.717, 1.165) is 47.9 Å². The minimum absolute atomic E-state index is 0.230. The van der Waals surface area contributed by atoms with Crippen LogP contribution in [-0.2, 0) is 16.0 Å².